The molecule has 0 aliphatic heterocycles. The van der Waals surface area contributed by atoms with E-state index in [0.29, 0.717) is 5.41 Å². The van der Waals surface area contributed by atoms with E-state index in [9.17, 15) is 0 Å². The summed E-state index contributed by atoms with van der Waals surface area (Å²) < 4.78 is 5.46. The molecule has 0 aliphatic rings. The van der Waals surface area contributed by atoms with Gasteiger partial charge in [0, 0.05) is 6.54 Å². The first kappa shape index (κ1) is 15.0. The van der Waals surface area contributed by atoms with Crippen LogP contribution < -0.4 is 10.1 Å². The Kier molecular flexibility index (Phi) is 6.20. The third-order valence-corrected chi connectivity index (χ3v) is 4.01. The summed E-state index contributed by atoms with van der Waals surface area (Å²) in [5.41, 5.74) is 1.66. The molecule has 0 fully saturated rings. The average Bonchev–Trinajstić information content (AvgIpc) is 2.44. The molecule has 0 atom stereocenters. The first-order valence-electron chi connectivity index (χ1n) is 7.04. The lowest BCUT2D eigenvalue weighted by molar-refractivity contribution is 0.245. The molecule has 0 saturated heterocycles. The Hall–Kier alpha value is -1.02. The summed E-state index contributed by atoms with van der Waals surface area (Å²) in [6.07, 6.45) is 3.46. The van der Waals surface area contributed by atoms with Gasteiger partial charge in [-0.2, -0.15) is 0 Å². The molecule has 0 radical (unpaired) electrons. The predicted molar refractivity (Wildman–Crippen MR) is 78.3 cm³/mol. The topological polar surface area (TPSA) is 21.3 Å². The van der Waals surface area contributed by atoms with Crippen LogP contribution in [0.2, 0.25) is 0 Å². The van der Waals surface area contributed by atoms with Crippen LogP contribution in [0.1, 0.15) is 39.2 Å². The Morgan fingerprint density at radius 1 is 1.11 bits per heavy atom. The SMILES string of the molecule is CCNCC(CC)(CC)Cc1ccccc1OC. The number of rotatable bonds is 8. The van der Waals surface area contributed by atoms with Gasteiger partial charge in [0.1, 0.15) is 5.75 Å². The summed E-state index contributed by atoms with van der Waals surface area (Å²) in [5.74, 6) is 1.01. The zero-order valence-corrected chi connectivity index (χ0v) is 12.3. The van der Waals surface area contributed by atoms with Gasteiger partial charge in [0.05, 0.1) is 7.11 Å². The molecule has 2 heteroatoms. The molecule has 0 spiro atoms. The standard InChI is InChI=1S/C16H27NO/c1-5-16(6-2,13-17-7-3)12-14-10-8-9-11-15(14)18-4/h8-11,17H,5-7,12-13H2,1-4H3. The first-order chi connectivity index (χ1) is 8.71. The fourth-order valence-electron chi connectivity index (χ4n) is 2.46. The fourth-order valence-corrected chi connectivity index (χ4v) is 2.46. The Bertz CT molecular complexity index is 345. The molecule has 102 valence electrons. The van der Waals surface area contributed by atoms with Crippen molar-refractivity contribution in [3.05, 3.63) is 29.8 Å². The number of methoxy groups -OCH3 is 1. The third kappa shape index (κ3) is 3.74. The minimum Gasteiger partial charge on any atom is -0.496 e. The van der Waals surface area contributed by atoms with Crippen LogP contribution in [-0.2, 0) is 6.42 Å². The van der Waals surface area contributed by atoms with Gasteiger partial charge in [0.15, 0.2) is 0 Å². The molecular formula is C16H27NO. The molecule has 2 nitrogen and oxygen atoms in total. The normalized spacial score (nSPS) is 11.6. The highest BCUT2D eigenvalue weighted by Gasteiger charge is 2.27. The zero-order valence-electron chi connectivity index (χ0n) is 12.3. The smallest absolute Gasteiger partial charge is 0.122 e. The van der Waals surface area contributed by atoms with Crippen molar-refractivity contribution < 1.29 is 4.74 Å². The highest BCUT2D eigenvalue weighted by atomic mass is 16.5. The monoisotopic (exact) mass is 249 g/mol. The van der Waals surface area contributed by atoms with Crippen molar-refractivity contribution in [2.75, 3.05) is 20.2 Å². The van der Waals surface area contributed by atoms with Crippen molar-refractivity contribution in [1.29, 1.82) is 0 Å². The van der Waals surface area contributed by atoms with Crippen LogP contribution in [-0.4, -0.2) is 20.2 Å². The summed E-state index contributed by atoms with van der Waals surface area (Å²) in [6.45, 7) is 8.86. The van der Waals surface area contributed by atoms with Gasteiger partial charge in [0.25, 0.3) is 0 Å². The van der Waals surface area contributed by atoms with Gasteiger partial charge in [-0.05, 0) is 42.9 Å². The van der Waals surface area contributed by atoms with Crippen LogP contribution in [0.5, 0.6) is 5.75 Å². The maximum atomic E-state index is 5.46. The largest absolute Gasteiger partial charge is 0.496 e. The third-order valence-electron chi connectivity index (χ3n) is 4.01. The molecule has 0 aliphatic carbocycles. The van der Waals surface area contributed by atoms with Gasteiger partial charge in [-0.15, -0.1) is 0 Å². The molecule has 0 unspecified atom stereocenters. The van der Waals surface area contributed by atoms with Crippen LogP contribution in [0.4, 0.5) is 0 Å². The molecule has 1 rings (SSSR count). The summed E-state index contributed by atoms with van der Waals surface area (Å²) >= 11 is 0. The molecular weight excluding hydrogens is 222 g/mol. The maximum Gasteiger partial charge on any atom is 0.122 e. The van der Waals surface area contributed by atoms with E-state index in [1.54, 1.807) is 7.11 Å². The van der Waals surface area contributed by atoms with E-state index in [1.807, 2.05) is 6.07 Å². The van der Waals surface area contributed by atoms with Crippen LogP contribution >= 0.6 is 0 Å². The van der Waals surface area contributed by atoms with E-state index in [1.165, 1.54) is 18.4 Å². The van der Waals surface area contributed by atoms with Gasteiger partial charge in [-0.25, -0.2) is 0 Å². The second-order valence-electron chi connectivity index (χ2n) is 4.98. The summed E-state index contributed by atoms with van der Waals surface area (Å²) in [4.78, 5) is 0. The number of benzene rings is 1. The second-order valence-corrected chi connectivity index (χ2v) is 4.98. The van der Waals surface area contributed by atoms with Gasteiger partial charge >= 0.3 is 0 Å². The molecule has 0 saturated carbocycles. The van der Waals surface area contributed by atoms with E-state index in [2.05, 4.69) is 44.3 Å². The van der Waals surface area contributed by atoms with Crippen LogP contribution in [0.25, 0.3) is 0 Å². The van der Waals surface area contributed by atoms with Crippen molar-refractivity contribution in [2.24, 2.45) is 5.41 Å². The van der Waals surface area contributed by atoms with Crippen LogP contribution in [0.3, 0.4) is 0 Å². The van der Waals surface area contributed by atoms with E-state index in [4.69, 9.17) is 4.74 Å². The number of hydrogen-bond acceptors (Lipinski definition) is 2. The van der Waals surface area contributed by atoms with Crippen LogP contribution in [0, 0.1) is 5.41 Å². The summed E-state index contributed by atoms with van der Waals surface area (Å²) in [5, 5.41) is 3.51. The molecule has 0 heterocycles. The Labute approximate surface area is 112 Å². The van der Waals surface area contributed by atoms with Gasteiger partial charge in [-0.3, -0.25) is 0 Å². The van der Waals surface area contributed by atoms with E-state index in [0.717, 1.165) is 25.3 Å². The van der Waals surface area contributed by atoms with Crippen molar-refractivity contribution in [3.63, 3.8) is 0 Å². The molecule has 1 aromatic carbocycles. The van der Waals surface area contributed by atoms with E-state index >= 15 is 0 Å². The molecule has 0 amide bonds. The molecule has 0 aromatic heterocycles. The minimum atomic E-state index is 0.338. The van der Waals surface area contributed by atoms with Crippen molar-refractivity contribution in [1.82, 2.24) is 5.32 Å². The molecule has 18 heavy (non-hydrogen) atoms. The lowest BCUT2D eigenvalue weighted by atomic mass is 9.76. The Morgan fingerprint density at radius 3 is 2.33 bits per heavy atom. The summed E-state index contributed by atoms with van der Waals surface area (Å²) in [6, 6.07) is 8.37. The van der Waals surface area contributed by atoms with Crippen molar-refractivity contribution in [3.8, 4) is 5.75 Å². The number of ether oxygens (including phenoxy) is 1. The second kappa shape index (κ2) is 7.42. The van der Waals surface area contributed by atoms with Gasteiger partial charge in [0.2, 0.25) is 0 Å². The van der Waals surface area contributed by atoms with Crippen molar-refractivity contribution in [2.45, 2.75) is 40.0 Å². The van der Waals surface area contributed by atoms with Crippen LogP contribution in [0.15, 0.2) is 24.3 Å². The average molecular weight is 249 g/mol. The Balaban J connectivity index is 2.88. The highest BCUT2D eigenvalue weighted by Crippen LogP contribution is 2.33. The van der Waals surface area contributed by atoms with E-state index < -0.39 is 0 Å². The number of hydrogen-bond donors (Lipinski definition) is 1. The quantitative estimate of drug-likeness (QED) is 0.759. The highest BCUT2D eigenvalue weighted by molar-refractivity contribution is 5.34. The van der Waals surface area contributed by atoms with Gasteiger partial charge < -0.3 is 10.1 Å². The molecule has 1 aromatic rings. The lowest BCUT2D eigenvalue weighted by Crippen LogP contribution is -2.35. The number of para-hydroxylation sites is 1. The van der Waals surface area contributed by atoms with Crippen molar-refractivity contribution >= 4 is 0 Å². The van der Waals surface area contributed by atoms with Gasteiger partial charge in [-0.1, -0.05) is 39.0 Å². The zero-order chi connectivity index (χ0) is 13.4. The fraction of sp³-hybridized carbons (Fsp3) is 0.625. The summed E-state index contributed by atoms with van der Waals surface area (Å²) in [7, 11) is 1.75. The number of nitrogens with one attached hydrogen (secondary N) is 1. The molecule has 0 bridgehead atoms. The Morgan fingerprint density at radius 2 is 1.78 bits per heavy atom. The maximum absolute atomic E-state index is 5.46. The van der Waals surface area contributed by atoms with E-state index in [-0.39, 0.29) is 0 Å². The first-order valence-corrected chi connectivity index (χ1v) is 7.04. The predicted octanol–water partition coefficient (Wildman–Crippen LogP) is 3.65. The molecule has 1 N–H and O–H groups in total. The lowest BCUT2D eigenvalue weighted by Gasteiger charge is -2.32. The minimum absolute atomic E-state index is 0.338.